The molecule has 3 heteroatoms. The molecule has 0 bridgehead atoms. The quantitative estimate of drug-likeness (QED) is 0.432. The molecule has 0 radical (unpaired) electrons. The standard InChI is InChI=1S/C10H13BrO2/c1-4-7-9(11)8(5-2)10(12)13-6-3/h4-5,7H,1,6H2,2-3H3/b8-5+,9-7+. The molecule has 13 heavy (non-hydrogen) atoms. The predicted octanol–water partition coefficient (Wildman–Crippen LogP) is 2.96. The zero-order chi connectivity index (χ0) is 10.3. The van der Waals surface area contributed by atoms with Crippen LogP contribution in [-0.2, 0) is 9.53 Å². The maximum Gasteiger partial charge on any atom is 0.338 e. The Morgan fingerprint density at radius 2 is 2.23 bits per heavy atom. The summed E-state index contributed by atoms with van der Waals surface area (Å²) in [6.45, 7) is 7.47. The zero-order valence-electron chi connectivity index (χ0n) is 7.84. The Labute approximate surface area is 87.1 Å². The van der Waals surface area contributed by atoms with E-state index in [1.54, 1.807) is 32.1 Å². The molecule has 72 valence electrons. The van der Waals surface area contributed by atoms with Crippen LogP contribution in [-0.4, -0.2) is 12.6 Å². The van der Waals surface area contributed by atoms with E-state index in [4.69, 9.17) is 4.74 Å². The summed E-state index contributed by atoms with van der Waals surface area (Å²) in [5.74, 6) is -0.324. The zero-order valence-corrected chi connectivity index (χ0v) is 9.43. The fraction of sp³-hybridized carbons (Fsp3) is 0.300. The van der Waals surface area contributed by atoms with Gasteiger partial charge in [0.2, 0.25) is 0 Å². The van der Waals surface area contributed by atoms with E-state index >= 15 is 0 Å². The lowest BCUT2D eigenvalue weighted by atomic mass is 10.2. The number of ether oxygens (including phenoxy) is 1. The third-order valence-corrected chi connectivity index (χ3v) is 2.00. The first-order valence-electron chi connectivity index (χ1n) is 3.99. The van der Waals surface area contributed by atoms with Crippen LogP contribution in [0.5, 0.6) is 0 Å². The summed E-state index contributed by atoms with van der Waals surface area (Å²) in [6, 6.07) is 0. The van der Waals surface area contributed by atoms with Crippen molar-refractivity contribution >= 4 is 21.9 Å². The molecule has 0 N–H and O–H groups in total. The van der Waals surface area contributed by atoms with E-state index in [-0.39, 0.29) is 5.97 Å². The molecule has 0 spiro atoms. The highest BCUT2D eigenvalue weighted by Gasteiger charge is 2.11. The Kier molecular flexibility index (Phi) is 6.24. The van der Waals surface area contributed by atoms with Gasteiger partial charge in [0.05, 0.1) is 12.2 Å². The molecule has 0 rings (SSSR count). The van der Waals surface area contributed by atoms with E-state index in [9.17, 15) is 4.79 Å². The smallest absolute Gasteiger partial charge is 0.338 e. The third kappa shape index (κ3) is 4.08. The molecule has 0 atom stereocenters. The van der Waals surface area contributed by atoms with Crippen LogP contribution in [0.25, 0.3) is 0 Å². The molecule has 0 saturated carbocycles. The lowest BCUT2D eigenvalue weighted by Gasteiger charge is -2.04. The first-order valence-corrected chi connectivity index (χ1v) is 4.78. The molecule has 0 aromatic carbocycles. The van der Waals surface area contributed by atoms with Gasteiger partial charge in [-0.1, -0.05) is 18.7 Å². The summed E-state index contributed by atoms with van der Waals surface area (Å²) in [6.07, 6.45) is 5.00. The number of hydrogen-bond donors (Lipinski definition) is 0. The summed E-state index contributed by atoms with van der Waals surface area (Å²) >= 11 is 3.26. The normalized spacial score (nSPS) is 12.5. The number of halogens is 1. The second-order valence-corrected chi connectivity index (χ2v) is 3.03. The molecule has 0 aliphatic carbocycles. The molecule has 0 aliphatic rings. The van der Waals surface area contributed by atoms with Crippen LogP contribution in [0.4, 0.5) is 0 Å². The third-order valence-electron chi connectivity index (χ3n) is 1.31. The number of carbonyl (C=O) groups is 1. The van der Waals surface area contributed by atoms with Gasteiger partial charge in [-0.15, -0.1) is 0 Å². The van der Waals surface area contributed by atoms with E-state index in [0.717, 1.165) is 0 Å². The van der Waals surface area contributed by atoms with Crippen molar-refractivity contribution in [1.82, 2.24) is 0 Å². The number of rotatable bonds is 4. The van der Waals surface area contributed by atoms with E-state index in [1.165, 1.54) is 0 Å². The van der Waals surface area contributed by atoms with Crippen molar-refractivity contribution in [2.45, 2.75) is 13.8 Å². The van der Waals surface area contributed by atoms with Gasteiger partial charge >= 0.3 is 5.97 Å². The second kappa shape index (κ2) is 6.66. The number of hydrogen-bond acceptors (Lipinski definition) is 2. The van der Waals surface area contributed by atoms with Crippen LogP contribution in [0.3, 0.4) is 0 Å². The monoisotopic (exact) mass is 244 g/mol. The molecule has 0 unspecified atom stereocenters. The van der Waals surface area contributed by atoms with E-state index in [1.807, 2.05) is 0 Å². The largest absolute Gasteiger partial charge is 0.462 e. The van der Waals surface area contributed by atoms with Crippen molar-refractivity contribution < 1.29 is 9.53 Å². The highest BCUT2D eigenvalue weighted by molar-refractivity contribution is 9.12. The molecule has 0 amide bonds. The minimum atomic E-state index is -0.324. The summed E-state index contributed by atoms with van der Waals surface area (Å²) in [7, 11) is 0. The van der Waals surface area contributed by atoms with E-state index < -0.39 is 0 Å². The molecular formula is C10H13BrO2. The fourth-order valence-corrected chi connectivity index (χ4v) is 1.33. The van der Waals surface area contributed by atoms with Crippen LogP contribution in [0.2, 0.25) is 0 Å². The maximum absolute atomic E-state index is 11.3. The summed E-state index contributed by atoms with van der Waals surface area (Å²) in [5.41, 5.74) is 0.516. The minimum absolute atomic E-state index is 0.324. The minimum Gasteiger partial charge on any atom is -0.462 e. The molecule has 0 aliphatic heterocycles. The molecule has 0 aromatic heterocycles. The van der Waals surface area contributed by atoms with Gasteiger partial charge in [-0.25, -0.2) is 4.79 Å². The lowest BCUT2D eigenvalue weighted by Crippen LogP contribution is -2.07. The van der Waals surface area contributed by atoms with Crippen LogP contribution < -0.4 is 0 Å². The predicted molar refractivity (Wildman–Crippen MR) is 57.6 cm³/mol. The summed E-state index contributed by atoms with van der Waals surface area (Å²) in [4.78, 5) is 11.3. The molecular weight excluding hydrogens is 232 g/mol. The molecule has 0 saturated heterocycles. The Morgan fingerprint density at radius 3 is 2.62 bits per heavy atom. The Balaban J connectivity index is 4.62. The average Bonchev–Trinajstić information content (AvgIpc) is 2.06. The van der Waals surface area contributed by atoms with Crippen molar-refractivity contribution in [3.63, 3.8) is 0 Å². The summed E-state index contributed by atoms with van der Waals surface area (Å²) < 4.78 is 5.53. The van der Waals surface area contributed by atoms with Gasteiger partial charge in [-0.2, -0.15) is 0 Å². The van der Waals surface area contributed by atoms with Crippen molar-refractivity contribution in [1.29, 1.82) is 0 Å². The van der Waals surface area contributed by atoms with Crippen LogP contribution >= 0.6 is 15.9 Å². The summed E-state index contributed by atoms with van der Waals surface area (Å²) in [5, 5.41) is 0. The lowest BCUT2D eigenvalue weighted by molar-refractivity contribution is -0.138. The van der Waals surface area contributed by atoms with E-state index in [2.05, 4.69) is 22.5 Å². The molecule has 0 fully saturated rings. The van der Waals surface area contributed by atoms with Crippen LogP contribution in [0.1, 0.15) is 13.8 Å². The van der Waals surface area contributed by atoms with Gasteiger partial charge in [0.15, 0.2) is 0 Å². The van der Waals surface area contributed by atoms with Gasteiger partial charge < -0.3 is 4.74 Å². The van der Waals surface area contributed by atoms with Gasteiger partial charge in [0, 0.05) is 4.48 Å². The molecule has 2 nitrogen and oxygen atoms in total. The number of carbonyl (C=O) groups excluding carboxylic acids is 1. The van der Waals surface area contributed by atoms with Gasteiger partial charge in [-0.05, 0) is 35.9 Å². The first kappa shape index (κ1) is 12.2. The molecule has 0 aromatic rings. The number of allylic oxidation sites excluding steroid dienone is 3. The Bertz CT molecular complexity index is 252. The number of esters is 1. The highest BCUT2D eigenvalue weighted by atomic mass is 79.9. The van der Waals surface area contributed by atoms with Gasteiger partial charge in [-0.3, -0.25) is 0 Å². The van der Waals surface area contributed by atoms with Crippen molar-refractivity contribution in [2.24, 2.45) is 0 Å². The highest BCUT2D eigenvalue weighted by Crippen LogP contribution is 2.18. The van der Waals surface area contributed by atoms with Gasteiger partial charge in [0.1, 0.15) is 0 Å². The molecule has 0 heterocycles. The van der Waals surface area contributed by atoms with Crippen LogP contribution in [0, 0.1) is 0 Å². The van der Waals surface area contributed by atoms with Crippen molar-refractivity contribution in [2.75, 3.05) is 6.61 Å². The van der Waals surface area contributed by atoms with Crippen molar-refractivity contribution in [3.8, 4) is 0 Å². The van der Waals surface area contributed by atoms with Crippen LogP contribution in [0.15, 0.2) is 34.9 Å². The second-order valence-electron chi connectivity index (χ2n) is 2.17. The van der Waals surface area contributed by atoms with Gasteiger partial charge in [0.25, 0.3) is 0 Å². The average molecular weight is 245 g/mol. The SMILES string of the molecule is C=C/C=C(Br)\C(=C/C)C(=O)OCC. The fourth-order valence-electron chi connectivity index (χ4n) is 0.755. The maximum atomic E-state index is 11.3. The first-order chi connectivity index (χ1) is 6.17. The topological polar surface area (TPSA) is 26.3 Å². The van der Waals surface area contributed by atoms with E-state index in [0.29, 0.717) is 16.7 Å². The Morgan fingerprint density at radius 1 is 1.62 bits per heavy atom. The van der Waals surface area contributed by atoms with Crippen molar-refractivity contribution in [3.05, 3.63) is 34.9 Å². The Hall–Kier alpha value is -0.830.